The van der Waals surface area contributed by atoms with E-state index in [-0.39, 0.29) is 0 Å². The molecule has 0 aliphatic rings. The molecular formula is C114H70N10. The second kappa shape index (κ2) is 28.5. The summed E-state index contributed by atoms with van der Waals surface area (Å²) >= 11 is 0. The average Bonchev–Trinajstić information content (AvgIpc) is 1.58. The van der Waals surface area contributed by atoms with Crippen LogP contribution >= 0.6 is 0 Å². The van der Waals surface area contributed by atoms with Crippen LogP contribution in [0.5, 0.6) is 0 Å². The van der Waals surface area contributed by atoms with Crippen LogP contribution in [-0.2, 0) is 0 Å². The van der Waals surface area contributed by atoms with Crippen LogP contribution < -0.4 is 0 Å². The van der Waals surface area contributed by atoms with E-state index in [2.05, 4.69) is 443 Å². The van der Waals surface area contributed by atoms with Crippen LogP contribution in [0.25, 0.3) is 243 Å². The predicted molar refractivity (Wildman–Crippen MR) is 515 cm³/mol. The molecule has 0 unspecified atom stereocenters. The molecule has 0 aliphatic carbocycles. The maximum atomic E-state index is 5.33. The van der Waals surface area contributed by atoms with Crippen molar-refractivity contribution in [2.24, 2.45) is 0 Å². The van der Waals surface area contributed by atoms with Crippen LogP contribution in [-0.4, -0.2) is 48.2 Å². The smallest absolute Gasteiger partial charge is 0.238 e. The molecule has 0 saturated carbocycles. The Morgan fingerprint density at radius 1 is 0.145 bits per heavy atom. The lowest BCUT2D eigenvalue weighted by molar-refractivity contribution is 0.955. The topological polar surface area (TPSA) is 97.1 Å². The Morgan fingerprint density at radius 2 is 0.403 bits per heavy atom. The van der Waals surface area contributed by atoms with E-state index in [0.29, 0.717) is 35.2 Å². The Balaban J connectivity index is 0.000000136. The summed E-state index contributed by atoms with van der Waals surface area (Å²) in [4.78, 5) is 31.8. The third-order valence-corrected chi connectivity index (χ3v) is 25.1. The van der Waals surface area contributed by atoms with Gasteiger partial charge in [0.2, 0.25) is 11.9 Å². The molecule has 0 radical (unpaired) electrons. The Kier molecular flexibility index (Phi) is 16.1. The van der Waals surface area contributed by atoms with Crippen molar-refractivity contribution in [2.75, 3.05) is 0 Å². The molecule has 0 saturated heterocycles. The van der Waals surface area contributed by atoms with E-state index in [1.165, 1.54) is 70.8 Å². The molecule has 0 atom stereocenters. The van der Waals surface area contributed by atoms with Crippen molar-refractivity contribution < 1.29 is 0 Å². The van der Waals surface area contributed by atoms with Crippen LogP contribution in [0.3, 0.4) is 0 Å². The molecule has 10 nitrogen and oxygen atoms in total. The molecule has 26 aromatic rings. The fourth-order valence-electron chi connectivity index (χ4n) is 19.4. The largest absolute Gasteiger partial charge is 0.309 e. The van der Waals surface area contributed by atoms with Gasteiger partial charge in [0.15, 0.2) is 23.3 Å². The lowest BCUT2D eigenvalue weighted by Crippen LogP contribution is -2.06. The maximum Gasteiger partial charge on any atom is 0.238 e. The number of rotatable bonds is 10. The zero-order chi connectivity index (χ0) is 81.5. The van der Waals surface area contributed by atoms with Gasteiger partial charge in [0.05, 0.1) is 49.8 Å². The minimum atomic E-state index is 0.576. The highest BCUT2D eigenvalue weighted by atomic mass is 15.2. The molecule has 0 bridgehead atoms. The summed E-state index contributed by atoms with van der Waals surface area (Å²) in [5.74, 6) is 3.68. The molecule has 6 heterocycles. The number of hydrogen-bond donors (Lipinski definition) is 0. The summed E-state index contributed by atoms with van der Waals surface area (Å²) in [5, 5.41) is 23.3. The van der Waals surface area contributed by atoms with Crippen LogP contribution in [0, 0.1) is 0 Å². The summed E-state index contributed by atoms with van der Waals surface area (Å²) in [6, 6.07) is 152. The first-order valence-corrected chi connectivity index (χ1v) is 42.1. The predicted octanol–water partition coefficient (Wildman–Crippen LogP) is 29.1. The number of aromatic nitrogens is 10. The van der Waals surface area contributed by atoms with E-state index in [1.807, 2.05) is 0 Å². The zero-order valence-electron chi connectivity index (χ0n) is 66.9. The minimum Gasteiger partial charge on any atom is -0.309 e. The first kappa shape index (κ1) is 70.2. The van der Waals surface area contributed by atoms with Crippen LogP contribution in [0.15, 0.2) is 425 Å². The molecule has 0 fully saturated rings. The second-order valence-corrected chi connectivity index (χ2v) is 32.0. The lowest BCUT2D eigenvalue weighted by Gasteiger charge is -2.13. The summed E-state index contributed by atoms with van der Waals surface area (Å²) in [6.07, 6.45) is 0. The fourth-order valence-corrected chi connectivity index (χ4v) is 19.4. The molecule has 0 spiro atoms. The summed E-state index contributed by atoms with van der Waals surface area (Å²) in [7, 11) is 0. The quantitative estimate of drug-likeness (QED) is 0.135. The molecule has 0 aliphatic heterocycles. The van der Waals surface area contributed by atoms with Gasteiger partial charge in [-0.15, -0.1) is 0 Å². The highest BCUT2D eigenvalue weighted by molar-refractivity contribution is 6.16. The molecule has 6 aromatic heterocycles. The van der Waals surface area contributed by atoms with Crippen molar-refractivity contribution in [1.82, 2.24) is 48.2 Å². The number of benzene rings is 20. The third-order valence-electron chi connectivity index (χ3n) is 25.1. The highest BCUT2D eigenvalue weighted by Crippen LogP contribution is 2.44. The summed E-state index contributed by atoms with van der Waals surface area (Å²) in [5.41, 5.74) is 19.7. The van der Waals surface area contributed by atoms with Gasteiger partial charge in [0, 0.05) is 76.4 Å². The Labute approximate surface area is 711 Å². The van der Waals surface area contributed by atoms with Crippen molar-refractivity contribution in [3.63, 3.8) is 0 Å². The Hall–Kier alpha value is -16.8. The molecule has 0 N–H and O–H groups in total. The van der Waals surface area contributed by atoms with Gasteiger partial charge < -0.3 is 9.13 Å². The number of fused-ring (bicyclic) bond motifs is 18. The normalized spacial score (nSPS) is 11.9. The van der Waals surface area contributed by atoms with Crippen molar-refractivity contribution in [3.8, 4) is 91.1 Å². The lowest BCUT2D eigenvalue weighted by atomic mass is 10.0. The monoisotopic (exact) mass is 1580 g/mol. The van der Waals surface area contributed by atoms with Gasteiger partial charge in [-0.25, -0.2) is 9.97 Å². The molecule has 20 aromatic carbocycles. The summed E-state index contributed by atoms with van der Waals surface area (Å²) in [6.45, 7) is 0. The van der Waals surface area contributed by atoms with Crippen molar-refractivity contribution >= 4 is 152 Å². The molecule has 124 heavy (non-hydrogen) atoms. The van der Waals surface area contributed by atoms with E-state index in [9.17, 15) is 0 Å². The van der Waals surface area contributed by atoms with Gasteiger partial charge in [-0.2, -0.15) is 19.9 Å². The molecule has 26 rings (SSSR count). The molecular weight excluding hydrogens is 1510 g/mol. The van der Waals surface area contributed by atoms with Gasteiger partial charge in [-0.1, -0.05) is 334 Å². The van der Waals surface area contributed by atoms with E-state index in [0.717, 1.165) is 137 Å². The van der Waals surface area contributed by atoms with Crippen molar-refractivity contribution in [2.45, 2.75) is 0 Å². The SMILES string of the molecule is c1ccc2c(-c3nc(-c4cccc5ccccc45)nc(-n4c5ccccc5c5cc(-c6ccc7c(c6)c6ccccc6n7-c6cccc7ccccc67)ccc54)n3)cccc2c1.c1ccc2cc(-n3c4ccccc4c4cc(-c5ccc6c(c5)c5ccccc5n6-c5nc(-c6cccc7ccccc67)nc(-c6cccc7ccccc67)n5)ccc43)ccc2c1. The molecule has 0 amide bonds. The fraction of sp³-hybridized carbons (Fsp3) is 0. The molecule has 576 valence electrons. The van der Waals surface area contributed by atoms with E-state index >= 15 is 0 Å². The van der Waals surface area contributed by atoms with Crippen LogP contribution in [0.4, 0.5) is 0 Å². The maximum absolute atomic E-state index is 5.33. The summed E-state index contributed by atoms with van der Waals surface area (Å²) < 4.78 is 9.23. The van der Waals surface area contributed by atoms with Crippen molar-refractivity contribution in [3.05, 3.63) is 425 Å². The Morgan fingerprint density at radius 3 is 0.774 bits per heavy atom. The van der Waals surface area contributed by atoms with Crippen LogP contribution in [0.1, 0.15) is 0 Å². The van der Waals surface area contributed by atoms with Gasteiger partial charge in [0.1, 0.15) is 0 Å². The standard InChI is InChI=1S/2C57H35N5/c1-4-20-41-36(14-1)17-11-25-46(41)55-58-56(47-26-12-18-37-15-2-5-21-42(37)47)60-57(59-55)62-52-28-10-8-24-45(52)49-35-40(31-33-54(49)62)39-30-32-53-48(34-39)44-23-7-9-27-51(44)61(53)50-29-13-19-38-16-3-6-22-43(38)50;1-2-16-39-33-42(30-27-36(39)13-1)61-51-25-9-7-21-45(51)49-34-40(28-31-53(49)61)41-29-32-54-50(35-41)46-22-8-10-26-52(46)62(54)57-59-55(47-23-11-17-37-14-3-5-19-43(37)47)58-56(60-57)48-24-12-18-38-15-4-6-20-44(38)48/h2*1-35H. The number of para-hydroxylation sites is 4. The van der Waals surface area contributed by atoms with Crippen molar-refractivity contribution in [1.29, 1.82) is 0 Å². The minimum absolute atomic E-state index is 0.576. The Bertz CT molecular complexity index is 8700. The van der Waals surface area contributed by atoms with Gasteiger partial charge >= 0.3 is 0 Å². The van der Waals surface area contributed by atoms with Gasteiger partial charge in [-0.05, 0) is 172 Å². The van der Waals surface area contributed by atoms with E-state index < -0.39 is 0 Å². The van der Waals surface area contributed by atoms with E-state index in [4.69, 9.17) is 29.9 Å². The van der Waals surface area contributed by atoms with Gasteiger partial charge in [-0.3, -0.25) is 9.13 Å². The first-order valence-electron chi connectivity index (χ1n) is 42.1. The van der Waals surface area contributed by atoms with Crippen LogP contribution in [0.2, 0.25) is 0 Å². The number of hydrogen-bond acceptors (Lipinski definition) is 6. The number of nitrogens with zero attached hydrogens (tertiary/aromatic N) is 10. The first-order chi connectivity index (χ1) is 61.5. The highest BCUT2D eigenvalue weighted by Gasteiger charge is 2.25. The molecule has 10 heteroatoms. The van der Waals surface area contributed by atoms with Gasteiger partial charge in [0.25, 0.3) is 0 Å². The third kappa shape index (κ3) is 11.4. The second-order valence-electron chi connectivity index (χ2n) is 32.0. The zero-order valence-corrected chi connectivity index (χ0v) is 66.9. The van der Waals surface area contributed by atoms with E-state index in [1.54, 1.807) is 0 Å². The average molecular weight is 1580 g/mol.